The van der Waals surface area contributed by atoms with Crippen LogP contribution in [0.2, 0.25) is 0 Å². The molecule has 3 rings (SSSR count). The molecule has 2 aliphatic rings. The van der Waals surface area contributed by atoms with Gasteiger partial charge in [0.25, 0.3) is 0 Å². The van der Waals surface area contributed by atoms with Crippen LogP contribution in [0.1, 0.15) is 31.1 Å². The minimum absolute atomic E-state index is 0.0140. The van der Waals surface area contributed by atoms with E-state index < -0.39 is 0 Å². The third-order valence-corrected chi connectivity index (χ3v) is 3.77. The molecule has 0 aromatic carbocycles. The molecule has 1 aliphatic heterocycles. The van der Waals surface area contributed by atoms with Crippen LogP contribution in [0.3, 0.4) is 0 Å². The maximum Gasteiger partial charge on any atom is 0.243 e. The first-order valence-electron chi connectivity index (χ1n) is 6.84. The number of rotatable bonds is 5. The lowest BCUT2D eigenvalue weighted by molar-refractivity contribution is -0.117. The molecule has 102 valence electrons. The number of aromatic nitrogens is 2. The highest BCUT2D eigenvalue weighted by Gasteiger charge is 2.33. The number of hydrogen-bond acceptors (Lipinski definition) is 3. The second-order valence-corrected chi connectivity index (χ2v) is 5.28. The molecule has 1 N–H and O–H groups in total. The van der Waals surface area contributed by atoms with Gasteiger partial charge in [0.1, 0.15) is 6.10 Å². The SMILES string of the molecule is C=CC(=O)N[C@H]1CCO[C@@H]1c1ccnn1CC1CC1. The van der Waals surface area contributed by atoms with Gasteiger partial charge >= 0.3 is 0 Å². The Morgan fingerprint density at radius 3 is 3.16 bits per heavy atom. The van der Waals surface area contributed by atoms with Crippen LogP contribution in [0.15, 0.2) is 24.9 Å². The molecule has 0 radical (unpaired) electrons. The zero-order valence-electron chi connectivity index (χ0n) is 10.9. The van der Waals surface area contributed by atoms with E-state index in [4.69, 9.17) is 4.74 Å². The van der Waals surface area contributed by atoms with Gasteiger partial charge in [-0.1, -0.05) is 6.58 Å². The van der Waals surface area contributed by atoms with Gasteiger partial charge in [0.05, 0.1) is 11.7 Å². The van der Waals surface area contributed by atoms with E-state index in [1.165, 1.54) is 18.9 Å². The van der Waals surface area contributed by atoms with Gasteiger partial charge in [-0.05, 0) is 37.3 Å². The zero-order chi connectivity index (χ0) is 13.2. The fourth-order valence-corrected chi connectivity index (χ4v) is 2.55. The second-order valence-electron chi connectivity index (χ2n) is 5.28. The van der Waals surface area contributed by atoms with E-state index in [2.05, 4.69) is 17.0 Å². The molecule has 2 heterocycles. The van der Waals surface area contributed by atoms with Crippen LogP contribution in [0.25, 0.3) is 0 Å². The molecule has 1 saturated carbocycles. The Labute approximate surface area is 112 Å². The van der Waals surface area contributed by atoms with Crippen LogP contribution in [-0.2, 0) is 16.1 Å². The van der Waals surface area contributed by atoms with Crippen LogP contribution < -0.4 is 5.32 Å². The molecule has 1 aliphatic carbocycles. The van der Waals surface area contributed by atoms with E-state index in [9.17, 15) is 4.79 Å². The van der Waals surface area contributed by atoms with Crippen molar-refractivity contribution < 1.29 is 9.53 Å². The maximum absolute atomic E-state index is 11.4. The largest absolute Gasteiger partial charge is 0.370 e. The first-order chi connectivity index (χ1) is 9.28. The third-order valence-electron chi connectivity index (χ3n) is 3.77. The Bertz CT molecular complexity index is 479. The third kappa shape index (κ3) is 2.71. The van der Waals surface area contributed by atoms with Gasteiger partial charge in [0.2, 0.25) is 5.91 Å². The average molecular weight is 261 g/mol. The molecule has 1 aromatic rings. The summed E-state index contributed by atoms with van der Waals surface area (Å²) in [5, 5.41) is 7.32. The van der Waals surface area contributed by atoms with Crippen molar-refractivity contribution in [2.75, 3.05) is 6.61 Å². The monoisotopic (exact) mass is 261 g/mol. The number of carbonyl (C=O) groups is 1. The normalized spacial score (nSPS) is 26.3. The molecule has 0 spiro atoms. The zero-order valence-corrected chi connectivity index (χ0v) is 10.9. The van der Waals surface area contributed by atoms with Crippen molar-refractivity contribution in [1.82, 2.24) is 15.1 Å². The number of ether oxygens (including phenoxy) is 1. The summed E-state index contributed by atoms with van der Waals surface area (Å²) in [6.45, 7) is 5.12. The van der Waals surface area contributed by atoms with Gasteiger partial charge in [-0.25, -0.2) is 0 Å². The summed E-state index contributed by atoms with van der Waals surface area (Å²) >= 11 is 0. The lowest BCUT2D eigenvalue weighted by Crippen LogP contribution is -2.36. The number of amides is 1. The minimum atomic E-state index is -0.145. The molecular formula is C14H19N3O2. The number of nitrogens with one attached hydrogen (secondary N) is 1. The highest BCUT2D eigenvalue weighted by molar-refractivity contribution is 5.87. The molecule has 5 heteroatoms. The summed E-state index contributed by atoms with van der Waals surface area (Å²) in [6, 6.07) is 2.01. The fourth-order valence-electron chi connectivity index (χ4n) is 2.55. The number of hydrogen-bond donors (Lipinski definition) is 1. The van der Waals surface area contributed by atoms with Crippen molar-refractivity contribution in [3.63, 3.8) is 0 Å². The van der Waals surface area contributed by atoms with Gasteiger partial charge in [-0.15, -0.1) is 0 Å². The van der Waals surface area contributed by atoms with Crippen molar-refractivity contribution in [3.8, 4) is 0 Å². The standard InChI is InChI=1S/C14H19N3O2/c1-2-13(18)16-11-6-8-19-14(11)12-5-7-15-17(12)9-10-3-4-10/h2,5,7,10-11,14H,1,3-4,6,8-9H2,(H,16,18)/t11-,14-/m0/s1. The van der Waals surface area contributed by atoms with E-state index in [1.54, 1.807) is 0 Å². The summed E-state index contributed by atoms with van der Waals surface area (Å²) in [5.74, 6) is 0.620. The smallest absolute Gasteiger partial charge is 0.243 e. The first kappa shape index (κ1) is 12.4. The Hall–Kier alpha value is -1.62. The van der Waals surface area contributed by atoms with Crippen LogP contribution in [-0.4, -0.2) is 28.3 Å². The highest BCUT2D eigenvalue weighted by atomic mass is 16.5. The van der Waals surface area contributed by atoms with Crippen molar-refractivity contribution in [2.24, 2.45) is 5.92 Å². The second kappa shape index (κ2) is 5.17. The number of carbonyl (C=O) groups excluding carboxylic acids is 1. The van der Waals surface area contributed by atoms with E-state index in [-0.39, 0.29) is 18.1 Å². The quantitative estimate of drug-likeness (QED) is 0.816. The van der Waals surface area contributed by atoms with Gasteiger partial charge in [-0.2, -0.15) is 5.10 Å². The predicted octanol–water partition coefficient (Wildman–Crippen LogP) is 1.43. The van der Waals surface area contributed by atoms with Crippen LogP contribution >= 0.6 is 0 Å². The predicted molar refractivity (Wildman–Crippen MR) is 70.4 cm³/mol. The van der Waals surface area contributed by atoms with E-state index in [0.717, 1.165) is 24.6 Å². The Morgan fingerprint density at radius 1 is 1.58 bits per heavy atom. The van der Waals surface area contributed by atoms with Crippen molar-refractivity contribution >= 4 is 5.91 Å². The van der Waals surface area contributed by atoms with Crippen LogP contribution in [0.4, 0.5) is 0 Å². The van der Waals surface area contributed by atoms with Crippen molar-refractivity contribution in [2.45, 2.75) is 38.0 Å². The number of nitrogens with zero attached hydrogens (tertiary/aromatic N) is 2. The Balaban J connectivity index is 1.74. The van der Waals surface area contributed by atoms with Gasteiger partial charge in [0.15, 0.2) is 0 Å². The van der Waals surface area contributed by atoms with Crippen molar-refractivity contribution in [3.05, 3.63) is 30.6 Å². The van der Waals surface area contributed by atoms with Crippen LogP contribution in [0.5, 0.6) is 0 Å². The molecule has 0 unspecified atom stereocenters. The minimum Gasteiger partial charge on any atom is -0.370 e. The van der Waals surface area contributed by atoms with Gasteiger partial charge < -0.3 is 10.1 Å². The summed E-state index contributed by atoms with van der Waals surface area (Å²) < 4.78 is 7.82. The van der Waals surface area contributed by atoms with Crippen LogP contribution in [0, 0.1) is 5.92 Å². The van der Waals surface area contributed by atoms with Gasteiger partial charge in [-0.3, -0.25) is 9.48 Å². The molecule has 5 nitrogen and oxygen atoms in total. The molecule has 0 bridgehead atoms. The highest BCUT2D eigenvalue weighted by Crippen LogP contribution is 2.33. The molecule has 1 amide bonds. The molecule has 1 saturated heterocycles. The molecule has 2 fully saturated rings. The maximum atomic E-state index is 11.4. The lowest BCUT2D eigenvalue weighted by atomic mass is 10.1. The molecule has 2 atom stereocenters. The lowest BCUT2D eigenvalue weighted by Gasteiger charge is -2.20. The fraction of sp³-hybridized carbons (Fsp3) is 0.571. The Morgan fingerprint density at radius 2 is 2.42 bits per heavy atom. The van der Waals surface area contributed by atoms with E-state index in [0.29, 0.717) is 6.61 Å². The summed E-state index contributed by atoms with van der Waals surface area (Å²) in [7, 11) is 0. The topological polar surface area (TPSA) is 56.1 Å². The van der Waals surface area contributed by atoms with Gasteiger partial charge in [0, 0.05) is 19.3 Å². The van der Waals surface area contributed by atoms with Crippen molar-refractivity contribution in [1.29, 1.82) is 0 Å². The van der Waals surface area contributed by atoms with E-state index in [1.807, 2.05) is 16.9 Å². The molecule has 19 heavy (non-hydrogen) atoms. The molecule has 1 aromatic heterocycles. The summed E-state index contributed by atoms with van der Waals surface area (Å²) in [5.41, 5.74) is 1.07. The Kier molecular flexibility index (Phi) is 3.38. The first-order valence-corrected chi connectivity index (χ1v) is 6.84. The molecular weight excluding hydrogens is 242 g/mol. The summed E-state index contributed by atoms with van der Waals surface area (Å²) in [6.07, 6.45) is 6.44. The summed E-state index contributed by atoms with van der Waals surface area (Å²) in [4.78, 5) is 11.4. The average Bonchev–Trinajstić information content (AvgIpc) is 2.91. The van der Waals surface area contributed by atoms with E-state index >= 15 is 0 Å².